The van der Waals surface area contributed by atoms with Crippen molar-refractivity contribution in [2.45, 2.75) is 52.5 Å². The third-order valence-corrected chi connectivity index (χ3v) is 8.53. The molecule has 0 bridgehead atoms. The number of hydrogen-bond donors (Lipinski definition) is 1. The van der Waals surface area contributed by atoms with E-state index >= 15 is 0 Å². The van der Waals surface area contributed by atoms with Crippen molar-refractivity contribution >= 4 is 50.7 Å². The number of nitrogens with one attached hydrogen (secondary N) is 1. The fourth-order valence-electron chi connectivity index (χ4n) is 5.47. The van der Waals surface area contributed by atoms with E-state index in [4.69, 9.17) is 15.2 Å². The maximum atomic E-state index is 13.0. The van der Waals surface area contributed by atoms with Crippen LogP contribution < -0.4 is 4.74 Å². The largest absolute Gasteiger partial charge is 0.491 e. The molecule has 0 unspecified atom stereocenters. The second-order valence-electron chi connectivity index (χ2n) is 10.2. The van der Waals surface area contributed by atoms with Crippen molar-refractivity contribution in [2.24, 2.45) is 16.0 Å². The quantitative estimate of drug-likeness (QED) is 0.371. The number of ether oxygens (including phenoxy) is 1. The van der Waals surface area contributed by atoms with Crippen molar-refractivity contribution in [2.75, 3.05) is 6.61 Å². The maximum Gasteiger partial charge on any atom is 0.283 e. The van der Waals surface area contributed by atoms with Crippen LogP contribution in [-0.2, 0) is 11.3 Å². The van der Waals surface area contributed by atoms with Gasteiger partial charge in [0.2, 0.25) is 5.17 Å². The molecule has 3 aliphatic rings. The Balaban J connectivity index is 1.25. The molecule has 2 aliphatic heterocycles. The van der Waals surface area contributed by atoms with Crippen LogP contribution >= 0.6 is 11.8 Å². The molecule has 1 fully saturated rings. The number of aryl methyl sites for hydroxylation is 2. The lowest BCUT2D eigenvalue weighted by atomic mass is 9.90. The topological polar surface area (TPSA) is 83.0 Å². The number of hydrogen-bond acceptors (Lipinski definition) is 5. The van der Waals surface area contributed by atoms with Gasteiger partial charge in [-0.25, -0.2) is 0 Å². The molecule has 2 aromatic carbocycles. The van der Waals surface area contributed by atoms with Crippen LogP contribution in [0.5, 0.6) is 5.75 Å². The molecular formula is C30H31N5O2S. The van der Waals surface area contributed by atoms with Crippen LogP contribution in [0.1, 0.15) is 48.8 Å². The molecule has 8 heteroatoms. The third kappa shape index (κ3) is 4.69. The first kappa shape index (κ1) is 24.7. The fraction of sp³-hybridized carbons (Fsp3) is 0.333. The first-order valence-electron chi connectivity index (χ1n) is 13.3. The highest BCUT2D eigenvalue weighted by Crippen LogP contribution is 2.36. The fourth-order valence-corrected chi connectivity index (χ4v) is 6.53. The molecule has 0 saturated heterocycles. The van der Waals surface area contributed by atoms with Gasteiger partial charge in [-0.15, -0.1) is 0 Å². The zero-order valence-corrected chi connectivity index (χ0v) is 22.6. The van der Waals surface area contributed by atoms with Crippen LogP contribution in [0.4, 0.5) is 0 Å². The number of aliphatic imine (C=N–C) groups is 1. The van der Waals surface area contributed by atoms with E-state index in [1.807, 2.05) is 30.5 Å². The number of amides is 1. The summed E-state index contributed by atoms with van der Waals surface area (Å²) in [6, 6.07) is 14.3. The van der Waals surface area contributed by atoms with Crippen molar-refractivity contribution in [3.63, 3.8) is 0 Å². The Kier molecular flexibility index (Phi) is 6.66. The van der Waals surface area contributed by atoms with Gasteiger partial charge in [0, 0.05) is 28.6 Å². The summed E-state index contributed by atoms with van der Waals surface area (Å²) < 4.78 is 8.22. The van der Waals surface area contributed by atoms with Gasteiger partial charge in [-0.2, -0.15) is 15.1 Å². The summed E-state index contributed by atoms with van der Waals surface area (Å²) in [5.74, 6) is 0.999. The number of carbonyl (C=O) groups is 1. The molecule has 1 saturated carbocycles. The Morgan fingerprint density at radius 1 is 1.13 bits per heavy atom. The Bertz CT molecular complexity index is 1530. The van der Waals surface area contributed by atoms with Gasteiger partial charge in [0.25, 0.3) is 5.91 Å². The monoisotopic (exact) mass is 525 g/mol. The molecule has 38 heavy (non-hydrogen) atoms. The van der Waals surface area contributed by atoms with Crippen molar-refractivity contribution in [1.29, 1.82) is 5.41 Å². The smallest absolute Gasteiger partial charge is 0.283 e. The van der Waals surface area contributed by atoms with Gasteiger partial charge in [-0.05, 0) is 62.2 Å². The van der Waals surface area contributed by atoms with E-state index in [0.29, 0.717) is 24.2 Å². The molecule has 1 amide bonds. The molecule has 6 rings (SSSR count). The van der Waals surface area contributed by atoms with E-state index in [9.17, 15) is 4.79 Å². The molecular weight excluding hydrogens is 494 g/mol. The maximum absolute atomic E-state index is 13.0. The molecule has 0 radical (unpaired) electrons. The van der Waals surface area contributed by atoms with Crippen LogP contribution in [0.25, 0.3) is 17.0 Å². The molecule has 1 aliphatic carbocycles. The normalized spacial score (nSPS) is 19.2. The summed E-state index contributed by atoms with van der Waals surface area (Å²) in [4.78, 5) is 17.4. The zero-order chi connectivity index (χ0) is 26.2. The van der Waals surface area contributed by atoms with Crippen molar-refractivity contribution in [3.05, 3.63) is 70.9 Å². The number of benzene rings is 2. The van der Waals surface area contributed by atoms with Crippen LogP contribution in [0.2, 0.25) is 0 Å². The molecule has 194 valence electrons. The molecule has 1 N–H and O–H groups in total. The summed E-state index contributed by atoms with van der Waals surface area (Å²) in [6.45, 7) is 5.31. The van der Waals surface area contributed by atoms with Gasteiger partial charge in [0.1, 0.15) is 17.4 Å². The second-order valence-corrected chi connectivity index (χ2v) is 11.2. The number of thioether (sulfide) groups is 1. The van der Waals surface area contributed by atoms with E-state index in [-0.39, 0.29) is 17.3 Å². The van der Waals surface area contributed by atoms with E-state index in [1.54, 1.807) is 11.1 Å². The van der Waals surface area contributed by atoms with Gasteiger partial charge in [-0.1, -0.05) is 55.2 Å². The van der Waals surface area contributed by atoms with Gasteiger partial charge >= 0.3 is 0 Å². The van der Waals surface area contributed by atoms with Crippen molar-refractivity contribution in [3.8, 4) is 5.75 Å². The Morgan fingerprint density at radius 2 is 1.95 bits per heavy atom. The zero-order valence-electron chi connectivity index (χ0n) is 21.7. The van der Waals surface area contributed by atoms with E-state index in [2.05, 4.69) is 41.6 Å². The Morgan fingerprint density at radius 3 is 2.76 bits per heavy atom. The van der Waals surface area contributed by atoms with Crippen molar-refractivity contribution < 1.29 is 9.53 Å². The van der Waals surface area contributed by atoms with Gasteiger partial charge in [-0.3, -0.25) is 10.2 Å². The standard InChI is InChI=1S/C30H31N5O2S/c1-19-12-13-26(20(2)16-19)37-15-14-34-18-22(23-10-6-7-11-25(23)34)17-24-27(31)35-30(32-28(24)36)38-29(33-35)21-8-4-3-5-9-21/h6-7,10-13,16-18,21,31H,3-5,8-9,14-15H2,1-2H3/b24-17+,31-27?. The highest BCUT2D eigenvalue weighted by molar-refractivity contribution is 8.27. The summed E-state index contributed by atoms with van der Waals surface area (Å²) in [7, 11) is 0. The Labute approximate surface area is 226 Å². The predicted octanol–water partition coefficient (Wildman–Crippen LogP) is 6.54. The lowest BCUT2D eigenvalue weighted by Crippen LogP contribution is -2.35. The molecule has 3 heterocycles. The summed E-state index contributed by atoms with van der Waals surface area (Å²) in [5, 5.41) is 17.6. The number of para-hydroxylation sites is 1. The first-order valence-corrected chi connectivity index (χ1v) is 14.1. The highest BCUT2D eigenvalue weighted by atomic mass is 32.2. The second kappa shape index (κ2) is 10.3. The van der Waals surface area contributed by atoms with Gasteiger partial charge < -0.3 is 9.30 Å². The average molecular weight is 526 g/mol. The number of aromatic nitrogens is 1. The molecule has 0 spiro atoms. The van der Waals surface area contributed by atoms with Gasteiger partial charge in [0.05, 0.1) is 12.1 Å². The number of fused-ring (bicyclic) bond motifs is 2. The molecule has 0 atom stereocenters. The van der Waals surface area contributed by atoms with Crippen LogP contribution in [-0.4, -0.2) is 38.1 Å². The average Bonchev–Trinajstić information content (AvgIpc) is 3.50. The van der Waals surface area contributed by atoms with Gasteiger partial charge in [0.15, 0.2) is 5.84 Å². The lowest BCUT2D eigenvalue weighted by Gasteiger charge is -2.20. The first-order chi connectivity index (χ1) is 18.5. The number of nitrogens with zero attached hydrogens (tertiary/aromatic N) is 4. The summed E-state index contributed by atoms with van der Waals surface area (Å²) in [6.07, 6.45) is 9.72. The van der Waals surface area contributed by atoms with E-state index in [1.165, 1.54) is 36.6 Å². The Hall–Kier alpha value is -3.65. The predicted molar refractivity (Wildman–Crippen MR) is 155 cm³/mol. The van der Waals surface area contributed by atoms with Crippen LogP contribution in [0.3, 0.4) is 0 Å². The molecule has 7 nitrogen and oxygen atoms in total. The van der Waals surface area contributed by atoms with Crippen LogP contribution in [0.15, 0.2) is 64.3 Å². The SMILES string of the molecule is Cc1ccc(OCCn2cc(/C=C3\C(=N)N4N=C(C5CCCCC5)SC4=NC3=O)c3ccccc32)c(C)c1. The van der Waals surface area contributed by atoms with Crippen molar-refractivity contribution in [1.82, 2.24) is 9.58 Å². The minimum atomic E-state index is -0.385. The van der Waals surface area contributed by atoms with Crippen LogP contribution in [0, 0.1) is 25.2 Å². The number of amidine groups is 2. The number of hydrazone groups is 1. The lowest BCUT2D eigenvalue weighted by molar-refractivity contribution is -0.114. The minimum Gasteiger partial charge on any atom is -0.491 e. The number of rotatable bonds is 6. The van der Waals surface area contributed by atoms with E-state index < -0.39 is 0 Å². The summed E-state index contributed by atoms with van der Waals surface area (Å²) >= 11 is 1.45. The third-order valence-electron chi connectivity index (χ3n) is 7.46. The number of carbonyl (C=O) groups excluding carboxylic acids is 1. The summed E-state index contributed by atoms with van der Waals surface area (Å²) in [5.41, 5.74) is 4.53. The van der Waals surface area contributed by atoms with E-state index in [0.717, 1.165) is 45.7 Å². The minimum absolute atomic E-state index is 0.0910. The highest BCUT2D eigenvalue weighted by Gasteiger charge is 2.38. The molecule has 3 aromatic rings. The molecule has 1 aromatic heterocycles.